The Labute approximate surface area is 92.4 Å². The standard InChI is InChI=1S/C13H23FO/c14-13-9-5-1-3-7-12(11-15)8-4-2-6-10-13/h11-13H,1-10H2. The van der Waals surface area contributed by atoms with Gasteiger partial charge in [0.05, 0.1) is 0 Å². The zero-order valence-corrected chi connectivity index (χ0v) is 9.59. The molecule has 1 fully saturated rings. The van der Waals surface area contributed by atoms with Crippen molar-refractivity contribution in [2.75, 3.05) is 0 Å². The fourth-order valence-electron chi connectivity index (χ4n) is 2.32. The van der Waals surface area contributed by atoms with Crippen molar-refractivity contribution in [2.45, 2.75) is 70.4 Å². The van der Waals surface area contributed by atoms with E-state index in [1.54, 1.807) is 0 Å². The smallest absolute Gasteiger partial charge is 0.123 e. The number of carbonyl (C=O) groups is 1. The van der Waals surface area contributed by atoms with Gasteiger partial charge in [0.1, 0.15) is 12.5 Å². The molecule has 1 aliphatic carbocycles. The van der Waals surface area contributed by atoms with Crippen LogP contribution in [0.15, 0.2) is 0 Å². The maximum atomic E-state index is 13.3. The van der Waals surface area contributed by atoms with Crippen LogP contribution in [0.3, 0.4) is 0 Å². The normalized spacial score (nSPS) is 31.3. The predicted octanol–water partition coefficient (Wildman–Crippen LogP) is 4.05. The van der Waals surface area contributed by atoms with Gasteiger partial charge in [-0.25, -0.2) is 4.39 Å². The molecule has 0 N–H and O–H groups in total. The highest BCUT2D eigenvalue weighted by Crippen LogP contribution is 2.20. The summed E-state index contributed by atoms with van der Waals surface area (Å²) < 4.78 is 13.3. The van der Waals surface area contributed by atoms with E-state index < -0.39 is 6.17 Å². The Morgan fingerprint density at radius 3 is 1.73 bits per heavy atom. The fourth-order valence-corrected chi connectivity index (χ4v) is 2.32. The van der Waals surface area contributed by atoms with Gasteiger partial charge in [0.2, 0.25) is 0 Å². The lowest BCUT2D eigenvalue weighted by Crippen LogP contribution is -2.05. The van der Waals surface area contributed by atoms with Gasteiger partial charge in [0.15, 0.2) is 0 Å². The second-order valence-electron chi connectivity index (χ2n) is 4.77. The molecule has 1 rings (SSSR count). The first kappa shape index (κ1) is 12.7. The van der Waals surface area contributed by atoms with Crippen molar-refractivity contribution in [2.24, 2.45) is 5.92 Å². The second kappa shape index (κ2) is 7.84. The first-order valence-electron chi connectivity index (χ1n) is 6.42. The van der Waals surface area contributed by atoms with E-state index in [9.17, 15) is 9.18 Å². The van der Waals surface area contributed by atoms with E-state index in [2.05, 4.69) is 0 Å². The van der Waals surface area contributed by atoms with Crippen LogP contribution in [-0.2, 0) is 4.79 Å². The van der Waals surface area contributed by atoms with Crippen LogP contribution < -0.4 is 0 Å². The molecule has 0 aliphatic heterocycles. The molecule has 0 heterocycles. The van der Waals surface area contributed by atoms with Gasteiger partial charge in [-0.15, -0.1) is 0 Å². The van der Waals surface area contributed by atoms with Crippen molar-refractivity contribution in [3.8, 4) is 0 Å². The molecule has 0 atom stereocenters. The van der Waals surface area contributed by atoms with E-state index in [4.69, 9.17) is 0 Å². The minimum Gasteiger partial charge on any atom is -0.303 e. The third kappa shape index (κ3) is 5.91. The largest absolute Gasteiger partial charge is 0.303 e. The average molecular weight is 214 g/mol. The van der Waals surface area contributed by atoms with Crippen molar-refractivity contribution in [1.29, 1.82) is 0 Å². The number of rotatable bonds is 1. The maximum Gasteiger partial charge on any atom is 0.123 e. The number of carbonyl (C=O) groups excluding carboxylic acids is 1. The molecule has 88 valence electrons. The molecule has 0 bridgehead atoms. The third-order valence-corrected chi connectivity index (χ3v) is 3.38. The lowest BCUT2D eigenvalue weighted by molar-refractivity contribution is -0.111. The number of halogens is 1. The highest BCUT2D eigenvalue weighted by atomic mass is 19.1. The molecule has 0 amide bonds. The molecule has 0 aromatic carbocycles. The minimum atomic E-state index is -0.578. The molecule has 0 saturated heterocycles. The van der Waals surface area contributed by atoms with Crippen LogP contribution in [0.5, 0.6) is 0 Å². The molecule has 1 nitrogen and oxygen atoms in total. The van der Waals surface area contributed by atoms with E-state index in [1.165, 1.54) is 0 Å². The molecule has 2 heteroatoms. The van der Waals surface area contributed by atoms with Gasteiger partial charge in [-0.3, -0.25) is 0 Å². The number of hydrogen-bond acceptors (Lipinski definition) is 1. The summed E-state index contributed by atoms with van der Waals surface area (Å²) in [5.74, 6) is 0.269. The Morgan fingerprint density at radius 1 is 0.800 bits per heavy atom. The van der Waals surface area contributed by atoms with Crippen LogP contribution in [0.1, 0.15) is 64.2 Å². The first-order valence-corrected chi connectivity index (χ1v) is 6.42. The summed E-state index contributed by atoms with van der Waals surface area (Å²) in [5.41, 5.74) is 0. The Hall–Kier alpha value is -0.400. The minimum absolute atomic E-state index is 0.269. The Morgan fingerprint density at radius 2 is 1.27 bits per heavy atom. The van der Waals surface area contributed by atoms with E-state index >= 15 is 0 Å². The molecular formula is C13H23FO. The van der Waals surface area contributed by atoms with Crippen LogP contribution in [0.4, 0.5) is 4.39 Å². The molecule has 0 spiro atoms. The fraction of sp³-hybridized carbons (Fsp3) is 0.923. The van der Waals surface area contributed by atoms with Crippen molar-refractivity contribution in [3.05, 3.63) is 0 Å². The van der Waals surface area contributed by atoms with E-state index in [0.29, 0.717) is 0 Å². The maximum absolute atomic E-state index is 13.3. The van der Waals surface area contributed by atoms with Gasteiger partial charge < -0.3 is 4.79 Å². The first-order chi connectivity index (χ1) is 7.33. The summed E-state index contributed by atoms with van der Waals surface area (Å²) >= 11 is 0. The van der Waals surface area contributed by atoms with Crippen LogP contribution in [0.25, 0.3) is 0 Å². The van der Waals surface area contributed by atoms with E-state index in [1.807, 2.05) is 0 Å². The topological polar surface area (TPSA) is 17.1 Å². The van der Waals surface area contributed by atoms with Gasteiger partial charge in [-0.2, -0.15) is 0 Å². The summed E-state index contributed by atoms with van der Waals surface area (Å²) in [4.78, 5) is 10.8. The summed E-state index contributed by atoms with van der Waals surface area (Å²) in [7, 11) is 0. The van der Waals surface area contributed by atoms with Gasteiger partial charge in [-0.05, 0) is 25.7 Å². The zero-order chi connectivity index (χ0) is 10.9. The Bertz CT molecular complexity index is 156. The summed E-state index contributed by atoms with van der Waals surface area (Å²) in [6.45, 7) is 0. The van der Waals surface area contributed by atoms with E-state index in [-0.39, 0.29) is 5.92 Å². The molecule has 1 saturated carbocycles. The number of alkyl halides is 1. The summed E-state index contributed by atoms with van der Waals surface area (Å²) in [5, 5.41) is 0. The van der Waals surface area contributed by atoms with Crippen molar-refractivity contribution >= 4 is 6.29 Å². The molecular weight excluding hydrogens is 191 g/mol. The monoisotopic (exact) mass is 214 g/mol. The van der Waals surface area contributed by atoms with E-state index in [0.717, 1.165) is 70.5 Å². The molecule has 15 heavy (non-hydrogen) atoms. The van der Waals surface area contributed by atoms with Crippen molar-refractivity contribution in [1.82, 2.24) is 0 Å². The number of hydrogen-bond donors (Lipinski definition) is 0. The van der Waals surface area contributed by atoms with Crippen LogP contribution in [0.2, 0.25) is 0 Å². The molecule has 0 unspecified atom stereocenters. The Kier molecular flexibility index (Phi) is 6.62. The van der Waals surface area contributed by atoms with Gasteiger partial charge in [-0.1, -0.05) is 38.5 Å². The lowest BCUT2D eigenvalue weighted by Gasteiger charge is -2.13. The zero-order valence-electron chi connectivity index (χ0n) is 9.59. The van der Waals surface area contributed by atoms with Gasteiger partial charge in [0.25, 0.3) is 0 Å². The highest BCUT2D eigenvalue weighted by molar-refractivity contribution is 5.53. The van der Waals surface area contributed by atoms with Gasteiger partial charge >= 0.3 is 0 Å². The summed E-state index contributed by atoms with van der Waals surface area (Å²) in [6, 6.07) is 0. The van der Waals surface area contributed by atoms with Crippen molar-refractivity contribution < 1.29 is 9.18 Å². The quantitative estimate of drug-likeness (QED) is 0.602. The third-order valence-electron chi connectivity index (χ3n) is 3.38. The molecule has 0 aromatic heterocycles. The van der Waals surface area contributed by atoms with Crippen LogP contribution in [0, 0.1) is 5.92 Å². The molecule has 1 aliphatic rings. The molecule has 0 aromatic rings. The van der Waals surface area contributed by atoms with Crippen LogP contribution >= 0.6 is 0 Å². The average Bonchev–Trinajstić information content (AvgIpc) is 2.23. The second-order valence-corrected chi connectivity index (χ2v) is 4.77. The van der Waals surface area contributed by atoms with Crippen LogP contribution in [-0.4, -0.2) is 12.5 Å². The molecule has 0 radical (unpaired) electrons. The highest BCUT2D eigenvalue weighted by Gasteiger charge is 2.10. The van der Waals surface area contributed by atoms with Crippen molar-refractivity contribution in [3.63, 3.8) is 0 Å². The SMILES string of the molecule is O=CC1CCCCCC(F)CCCCC1. The predicted molar refractivity (Wildman–Crippen MR) is 60.6 cm³/mol. The number of aldehydes is 1. The summed E-state index contributed by atoms with van der Waals surface area (Å²) in [6.07, 6.45) is 10.4. The lowest BCUT2D eigenvalue weighted by atomic mass is 9.94. The van der Waals surface area contributed by atoms with Gasteiger partial charge in [0, 0.05) is 5.92 Å². The Balaban J connectivity index is 2.26.